The first-order valence-electron chi connectivity index (χ1n) is 8.85. The van der Waals surface area contributed by atoms with E-state index in [2.05, 4.69) is 10.2 Å². The Balaban J connectivity index is 0.000000730. The zero-order chi connectivity index (χ0) is 18.8. The van der Waals surface area contributed by atoms with Gasteiger partial charge in [0.1, 0.15) is 5.69 Å². The lowest BCUT2D eigenvalue weighted by Crippen LogP contribution is -1.83. The highest BCUT2D eigenvalue weighted by atomic mass is 16.3. The van der Waals surface area contributed by atoms with Gasteiger partial charge in [0, 0.05) is 5.39 Å². The molecule has 25 heavy (non-hydrogen) atoms. The van der Waals surface area contributed by atoms with Crippen LogP contribution in [0, 0.1) is 13.8 Å². The molecule has 0 heterocycles. The van der Waals surface area contributed by atoms with Gasteiger partial charge in [-0.05, 0) is 48.6 Å². The van der Waals surface area contributed by atoms with Crippen molar-refractivity contribution in [3.63, 3.8) is 0 Å². The molecule has 3 heteroatoms. The lowest BCUT2D eigenvalue weighted by molar-refractivity contribution is 0.482. The molecule has 0 aliphatic rings. The Morgan fingerprint density at radius 3 is 2.00 bits per heavy atom. The van der Waals surface area contributed by atoms with Gasteiger partial charge in [-0.15, -0.1) is 5.11 Å². The maximum atomic E-state index is 10.5. The number of rotatable bonds is 2. The van der Waals surface area contributed by atoms with Crippen LogP contribution in [0.5, 0.6) is 5.75 Å². The molecule has 0 amide bonds. The number of aromatic hydroxyl groups is 1. The molecule has 0 spiro atoms. The first-order chi connectivity index (χ1) is 12.2. The van der Waals surface area contributed by atoms with Crippen molar-refractivity contribution in [1.82, 2.24) is 0 Å². The fourth-order valence-corrected chi connectivity index (χ4v) is 2.47. The fourth-order valence-electron chi connectivity index (χ4n) is 2.47. The van der Waals surface area contributed by atoms with Crippen molar-refractivity contribution in [2.24, 2.45) is 10.2 Å². The van der Waals surface area contributed by atoms with Gasteiger partial charge in [-0.1, -0.05) is 64.1 Å². The molecule has 0 aromatic heterocycles. The van der Waals surface area contributed by atoms with E-state index in [1.54, 1.807) is 0 Å². The van der Waals surface area contributed by atoms with Gasteiger partial charge in [-0.25, -0.2) is 0 Å². The van der Waals surface area contributed by atoms with Crippen LogP contribution in [0.25, 0.3) is 10.8 Å². The Labute approximate surface area is 151 Å². The molecule has 3 rings (SSSR count). The molecule has 132 valence electrons. The maximum Gasteiger partial charge on any atom is 0.151 e. The zero-order valence-electron chi connectivity index (χ0n) is 16.0. The quantitative estimate of drug-likeness (QED) is 0.480. The molecule has 0 radical (unpaired) electrons. The van der Waals surface area contributed by atoms with Crippen LogP contribution in [0.2, 0.25) is 0 Å². The van der Waals surface area contributed by atoms with E-state index >= 15 is 0 Å². The van der Waals surface area contributed by atoms with E-state index in [-0.39, 0.29) is 5.75 Å². The first-order valence-corrected chi connectivity index (χ1v) is 8.85. The lowest BCUT2D eigenvalue weighted by Gasteiger charge is -2.09. The van der Waals surface area contributed by atoms with E-state index in [1.807, 2.05) is 96.1 Å². The number of phenols is 1. The number of aryl methyl sites for hydroxylation is 2. The summed E-state index contributed by atoms with van der Waals surface area (Å²) in [6.07, 6.45) is 0. The average molecular weight is 336 g/mol. The zero-order valence-corrected chi connectivity index (χ0v) is 16.0. The van der Waals surface area contributed by atoms with Gasteiger partial charge in [-0.3, -0.25) is 0 Å². The number of hydrogen-bond acceptors (Lipinski definition) is 3. The second-order valence-electron chi connectivity index (χ2n) is 5.10. The topological polar surface area (TPSA) is 45.0 Å². The molecule has 0 atom stereocenters. The molecule has 0 saturated carbocycles. The van der Waals surface area contributed by atoms with Crippen LogP contribution < -0.4 is 0 Å². The van der Waals surface area contributed by atoms with Gasteiger partial charge in [-0.2, -0.15) is 5.11 Å². The first kappa shape index (κ1) is 20.4. The van der Waals surface area contributed by atoms with Crippen LogP contribution in [0.1, 0.15) is 38.8 Å². The van der Waals surface area contributed by atoms with Crippen LogP contribution in [0.4, 0.5) is 11.4 Å². The molecular formula is C22H28N2O. The maximum absolute atomic E-state index is 10.5. The summed E-state index contributed by atoms with van der Waals surface area (Å²) in [5, 5.41) is 20.8. The molecule has 0 aliphatic heterocycles. The predicted molar refractivity (Wildman–Crippen MR) is 108 cm³/mol. The Morgan fingerprint density at radius 1 is 0.720 bits per heavy atom. The molecule has 1 N–H and O–H groups in total. The third kappa shape index (κ3) is 4.90. The third-order valence-corrected chi connectivity index (χ3v) is 3.53. The number of fused-ring (bicyclic) bond motifs is 1. The van der Waals surface area contributed by atoms with Crippen LogP contribution in [0.3, 0.4) is 0 Å². The van der Waals surface area contributed by atoms with Gasteiger partial charge in [0.2, 0.25) is 0 Å². The summed E-state index contributed by atoms with van der Waals surface area (Å²) < 4.78 is 0. The summed E-state index contributed by atoms with van der Waals surface area (Å²) in [6.45, 7) is 11.9. The van der Waals surface area contributed by atoms with Crippen LogP contribution >= 0.6 is 0 Å². The molecule has 0 fully saturated rings. The van der Waals surface area contributed by atoms with Gasteiger partial charge in [0.15, 0.2) is 5.75 Å². The molecule has 0 unspecified atom stereocenters. The molecule has 3 aromatic carbocycles. The summed E-state index contributed by atoms with van der Waals surface area (Å²) in [6, 6.07) is 17.5. The minimum absolute atomic E-state index is 0.197. The van der Waals surface area contributed by atoms with Crippen molar-refractivity contribution < 1.29 is 5.11 Å². The Hall–Kier alpha value is -2.68. The molecule has 3 aromatic rings. The number of azo groups is 1. The summed E-state index contributed by atoms with van der Waals surface area (Å²) >= 11 is 0. The van der Waals surface area contributed by atoms with E-state index in [1.165, 1.54) is 0 Å². The fraction of sp³-hybridized carbons (Fsp3) is 0.273. The number of benzene rings is 3. The highest BCUT2D eigenvalue weighted by Gasteiger charge is 2.11. The molecule has 3 nitrogen and oxygen atoms in total. The van der Waals surface area contributed by atoms with Gasteiger partial charge >= 0.3 is 0 Å². The minimum Gasteiger partial charge on any atom is -0.505 e. The van der Waals surface area contributed by atoms with Crippen LogP contribution in [0.15, 0.2) is 64.8 Å². The highest BCUT2D eigenvalue weighted by molar-refractivity contribution is 5.96. The van der Waals surface area contributed by atoms with Crippen molar-refractivity contribution in [1.29, 1.82) is 0 Å². The van der Waals surface area contributed by atoms with E-state index in [9.17, 15) is 5.11 Å². The predicted octanol–water partition coefficient (Wildman–Crippen LogP) is 7.63. The SMILES string of the molecule is CC.CC.Cc1cc2cccc(C)c2c(O)c1N=Nc1ccccc1. The number of phenolic OH excluding ortho intramolecular Hbond substituents is 1. The Morgan fingerprint density at radius 2 is 1.36 bits per heavy atom. The largest absolute Gasteiger partial charge is 0.505 e. The second-order valence-corrected chi connectivity index (χ2v) is 5.10. The summed E-state index contributed by atoms with van der Waals surface area (Å²) in [5.41, 5.74) is 3.23. The van der Waals surface area contributed by atoms with Gasteiger partial charge in [0.05, 0.1) is 5.69 Å². The molecule has 0 saturated heterocycles. The van der Waals surface area contributed by atoms with Gasteiger partial charge < -0.3 is 5.11 Å². The molecule has 0 aliphatic carbocycles. The number of nitrogens with zero attached hydrogens (tertiary/aromatic N) is 2. The lowest BCUT2D eigenvalue weighted by atomic mass is 10.0. The monoisotopic (exact) mass is 336 g/mol. The van der Waals surface area contributed by atoms with Crippen molar-refractivity contribution >= 4 is 22.1 Å². The Bertz CT molecular complexity index is 824. The highest BCUT2D eigenvalue weighted by Crippen LogP contribution is 2.40. The van der Waals surface area contributed by atoms with E-state index in [0.29, 0.717) is 5.69 Å². The summed E-state index contributed by atoms with van der Waals surface area (Å²) in [4.78, 5) is 0. The average Bonchev–Trinajstić information content (AvgIpc) is 2.65. The molecule has 0 bridgehead atoms. The van der Waals surface area contributed by atoms with Crippen molar-refractivity contribution in [3.8, 4) is 5.75 Å². The van der Waals surface area contributed by atoms with Crippen LogP contribution in [-0.2, 0) is 0 Å². The van der Waals surface area contributed by atoms with Gasteiger partial charge in [0.25, 0.3) is 0 Å². The Kier molecular flexibility index (Phi) is 8.34. The van der Waals surface area contributed by atoms with Crippen molar-refractivity contribution in [3.05, 3.63) is 65.7 Å². The second kappa shape index (κ2) is 10.2. The van der Waals surface area contributed by atoms with E-state index in [0.717, 1.165) is 27.6 Å². The van der Waals surface area contributed by atoms with Crippen molar-refractivity contribution in [2.45, 2.75) is 41.5 Å². The standard InChI is InChI=1S/C18H16N2O.2C2H6/c1-12-7-6-8-14-11-13(2)17(18(21)16(12)14)20-19-15-9-4-3-5-10-15;2*1-2/h3-11,21H,1-2H3;2*1-2H3. The minimum atomic E-state index is 0.197. The third-order valence-electron chi connectivity index (χ3n) is 3.53. The summed E-state index contributed by atoms with van der Waals surface area (Å²) in [5.74, 6) is 0.197. The van der Waals surface area contributed by atoms with Crippen molar-refractivity contribution in [2.75, 3.05) is 0 Å². The smallest absolute Gasteiger partial charge is 0.151 e. The van der Waals surface area contributed by atoms with Crippen LogP contribution in [-0.4, -0.2) is 5.11 Å². The molecular weight excluding hydrogens is 308 g/mol. The summed E-state index contributed by atoms with van der Waals surface area (Å²) in [7, 11) is 0. The van der Waals surface area contributed by atoms with E-state index < -0.39 is 0 Å². The number of hydrogen-bond donors (Lipinski definition) is 1. The normalized spacial score (nSPS) is 10.0. The van der Waals surface area contributed by atoms with E-state index in [4.69, 9.17) is 0 Å².